The first-order chi connectivity index (χ1) is 8.70. The van der Waals surface area contributed by atoms with Gasteiger partial charge < -0.3 is 0 Å². The molecule has 0 heterocycles. The Kier molecular flexibility index (Phi) is 4.53. The Morgan fingerprint density at radius 2 is 1.89 bits per heavy atom. The molecular formula is C15H17BrN2. The molecular weight excluding hydrogens is 288 g/mol. The molecule has 2 aromatic rings. The van der Waals surface area contributed by atoms with E-state index in [1.54, 1.807) is 0 Å². The van der Waals surface area contributed by atoms with E-state index in [9.17, 15) is 0 Å². The monoisotopic (exact) mass is 304 g/mol. The van der Waals surface area contributed by atoms with E-state index < -0.39 is 0 Å². The molecule has 0 aliphatic rings. The molecule has 0 amide bonds. The molecule has 0 saturated carbocycles. The summed E-state index contributed by atoms with van der Waals surface area (Å²) in [5.41, 5.74) is 6.67. The third kappa shape index (κ3) is 3.19. The van der Waals surface area contributed by atoms with Gasteiger partial charge in [0.15, 0.2) is 0 Å². The molecule has 0 radical (unpaired) electrons. The number of nitrogens with one attached hydrogen (secondary N) is 1. The molecule has 0 fully saturated rings. The molecule has 0 aromatic heterocycles. The molecule has 0 bridgehead atoms. The maximum atomic E-state index is 5.71. The summed E-state index contributed by atoms with van der Waals surface area (Å²) in [5, 5.41) is 0. The summed E-state index contributed by atoms with van der Waals surface area (Å²) in [7, 11) is 0. The van der Waals surface area contributed by atoms with E-state index in [0.29, 0.717) is 0 Å². The fraction of sp³-hybridized carbons (Fsp3) is 0.200. The van der Waals surface area contributed by atoms with Crippen LogP contribution in [0.1, 0.15) is 22.7 Å². The van der Waals surface area contributed by atoms with E-state index in [1.165, 1.54) is 16.7 Å². The van der Waals surface area contributed by atoms with E-state index in [2.05, 4.69) is 70.7 Å². The lowest BCUT2D eigenvalue weighted by Crippen LogP contribution is -2.30. The fourth-order valence-electron chi connectivity index (χ4n) is 2.10. The van der Waals surface area contributed by atoms with Gasteiger partial charge in [-0.2, -0.15) is 0 Å². The summed E-state index contributed by atoms with van der Waals surface area (Å²) in [6, 6.07) is 16.8. The van der Waals surface area contributed by atoms with Gasteiger partial charge in [-0.1, -0.05) is 52.3 Å². The van der Waals surface area contributed by atoms with Crippen molar-refractivity contribution in [3.8, 4) is 0 Å². The Labute approximate surface area is 116 Å². The second kappa shape index (κ2) is 6.14. The number of nitrogens with two attached hydrogens (primary N) is 1. The smallest absolute Gasteiger partial charge is 0.0503 e. The maximum absolute atomic E-state index is 5.71. The normalized spacial score (nSPS) is 12.4. The number of hydrogen-bond acceptors (Lipinski definition) is 2. The summed E-state index contributed by atoms with van der Waals surface area (Å²) in [5.74, 6) is 5.71. The van der Waals surface area contributed by atoms with Crippen LogP contribution in [-0.2, 0) is 6.42 Å². The molecule has 94 valence electrons. The summed E-state index contributed by atoms with van der Waals surface area (Å²) in [6.07, 6.45) is 0.884. The van der Waals surface area contributed by atoms with E-state index in [-0.39, 0.29) is 6.04 Å². The minimum atomic E-state index is 0.130. The highest BCUT2D eigenvalue weighted by Crippen LogP contribution is 2.24. The summed E-state index contributed by atoms with van der Waals surface area (Å²) < 4.78 is 1.08. The lowest BCUT2D eigenvalue weighted by Gasteiger charge is -2.19. The minimum Gasteiger partial charge on any atom is -0.271 e. The van der Waals surface area contributed by atoms with Gasteiger partial charge in [0.05, 0.1) is 6.04 Å². The number of rotatable bonds is 4. The van der Waals surface area contributed by atoms with Crippen molar-refractivity contribution < 1.29 is 0 Å². The standard InChI is InChI=1S/C15H17BrN2/c1-11-7-8-13(16)10-14(11)15(18-17)9-12-5-3-2-4-6-12/h2-8,10,15,18H,9,17H2,1H3. The van der Waals surface area contributed by atoms with Crippen molar-refractivity contribution in [3.63, 3.8) is 0 Å². The summed E-state index contributed by atoms with van der Waals surface area (Å²) in [6.45, 7) is 2.11. The fourth-order valence-corrected chi connectivity index (χ4v) is 2.47. The predicted octanol–water partition coefficient (Wildman–Crippen LogP) is 3.50. The molecule has 18 heavy (non-hydrogen) atoms. The Morgan fingerprint density at radius 3 is 2.56 bits per heavy atom. The van der Waals surface area contributed by atoms with E-state index in [1.807, 2.05) is 6.07 Å². The van der Waals surface area contributed by atoms with Gasteiger partial charge in [0, 0.05) is 4.47 Å². The van der Waals surface area contributed by atoms with Crippen LogP contribution in [0.25, 0.3) is 0 Å². The SMILES string of the molecule is Cc1ccc(Br)cc1C(Cc1ccccc1)NN. The zero-order valence-electron chi connectivity index (χ0n) is 10.4. The van der Waals surface area contributed by atoms with Crippen LogP contribution in [0.3, 0.4) is 0 Å². The molecule has 1 atom stereocenters. The van der Waals surface area contributed by atoms with Crippen LogP contribution in [0.15, 0.2) is 53.0 Å². The first kappa shape index (κ1) is 13.3. The number of hydrogen-bond donors (Lipinski definition) is 2. The number of benzene rings is 2. The zero-order chi connectivity index (χ0) is 13.0. The molecule has 3 N–H and O–H groups in total. The average Bonchev–Trinajstić information content (AvgIpc) is 2.40. The van der Waals surface area contributed by atoms with E-state index in [4.69, 9.17) is 5.84 Å². The maximum Gasteiger partial charge on any atom is 0.0503 e. The quantitative estimate of drug-likeness (QED) is 0.670. The molecule has 1 unspecified atom stereocenters. The van der Waals surface area contributed by atoms with Gasteiger partial charge in [-0.3, -0.25) is 11.3 Å². The molecule has 3 heteroatoms. The first-order valence-electron chi connectivity index (χ1n) is 5.97. The van der Waals surface area contributed by atoms with Crippen molar-refractivity contribution in [1.29, 1.82) is 0 Å². The zero-order valence-corrected chi connectivity index (χ0v) is 11.9. The Bertz CT molecular complexity index is 511. The predicted molar refractivity (Wildman–Crippen MR) is 79.1 cm³/mol. The van der Waals surface area contributed by atoms with Gasteiger partial charge in [0.1, 0.15) is 0 Å². The summed E-state index contributed by atoms with van der Waals surface area (Å²) >= 11 is 3.51. The van der Waals surface area contributed by atoms with Gasteiger partial charge in [0.2, 0.25) is 0 Å². The Morgan fingerprint density at radius 1 is 1.17 bits per heavy atom. The number of hydrazine groups is 1. The molecule has 2 rings (SSSR count). The van der Waals surface area contributed by atoms with Gasteiger partial charge in [-0.05, 0) is 42.2 Å². The second-order valence-corrected chi connectivity index (χ2v) is 5.33. The molecule has 0 aliphatic carbocycles. The van der Waals surface area contributed by atoms with Crippen molar-refractivity contribution in [2.24, 2.45) is 5.84 Å². The van der Waals surface area contributed by atoms with Crippen molar-refractivity contribution in [3.05, 3.63) is 69.7 Å². The Hall–Kier alpha value is -1.16. The van der Waals surface area contributed by atoms with E-state index >= 15 is 0 Å². The Balaban J connectivity index is 2.26. The number of aryl methyl sites for hydroxylation is 1. The largest absolute Gasteiger partial charge is 0.271 e. The lowest BCUT2D eigenvalue weighted by molar-refractivity contribution is 0.549. The van der Waals surface area contributed by atoms with Gasteiger partial charge in [-0.25, -0.2) is 0 Å². The lowest BCUT2D eigenvalue weighted by atomic mass is 9.96. The highest BCUT2D eigenvalue weighted by Gasteiger charge is 2.13. The number of halogens is 1. The van der Waals surface area contributed by atoms with Crippen LogP contribution in [0.2, 0.25) is 0 Å². The third-order valence-electron chi connectivity index (χ3n) is 3.10. The van der Waals surface area contributed by atoms with Crippen molar-refractivity contribution in [2.75, 3.05) is 0 Å². The molecule has 0 spiro atoms. The van der Waals surface area contributed by atoms with Crippen LogP contribution in [0, 0.1) is 6.92 Å². The van der Waals surface area contributed by atoms with Crippen LogP contribution >= 0.6 is 15.9 Å². The van der Waals surface area contributed by atoms with Gasteiger partial charge in [-0.15, -0.1) is 0 Å². The van der Waals surface area contributed by atoms with Gasteiger partial charge in [0.25, 0.3) is 0 Å². The second-order valence-electron chi connectivity index (χ2n) is 4.41. The summed E-state index contributed by atoms with van der Waals surface area (Å²) in [4.78, 5) is 0. The van der Waals surface area contributed by atoms with Gasteiger partial charge >= 0.3 is 0 Å². The van der Waals surface area contributed by atoms with Crippen molar-refractivity contribution >= 4 is 15.9 Å². The van der Waals surface area contributed by atoms with Crippen molar-refractivity contribution in [2.45, 2.75) is 19.4 Å². The van der Waals surface area contributed by atoms with Crippen molar-refractivity contribution in [1.82, 2.24) is 5.43 Å². The van der Waals surface area contributed by atoms with E-state index in [0.717, 1.165) is 10.9 Å². The average molecular weight is 305 g/mol. The minimum absolute atomic E-state index is 0.130. The first-order valence-corrected chi connectivity index (χ1v) is 6.76. The molecule has 2 aromatic carbocycles. The van der Waals surface area contributed by atoms with Crippen LogP contribution in [-0.4, -0.2) is 0 Å². The molecule has 2 nitrogen and oxygen atoms in total. The highest BCUT2D eigenvalue weighted by atomic mass is 79.9. The molecule has 0 saturated heterocycles. The van der Waals surface area contributed by atoms with Crippen LogP contribution < -0.4 is 11.3 Å². The van der Waals surface area contributed by atoms with Crippen LogP contribution in [0.5, 0.6) is 0 Å². The van der Waals surface area contributed by atoms with Crippen LogP contribution in [0.4, 0.5) is 0 Å². The molecule has 0 aliphatic heterocycles. The third-order valence-corrected chi connectivity index (χ3v) is 3.59. The topological polar surface area (TPSA) is 38.0 Å². The highest BCUT2D eigenvalue weighted by molar-refractivity contribution is 9.10.